The molecule has 140 valence electrons. The number of hydrogen-bond donors (Lipinski definition) is 2. The Balaban J connectivity index is 2.69. The summed E-state index contributed by atoms with van der Waals surface area (Å²) in [7, 11) is 0. The van der Waals surface area contributed by atoms with Crippen molar-refractivity contribution in [3.8, 4) is 0 Å². The highest BCUT2D eigenvalue weighted by atomic mass is 16.7. The molecule has 0 aliphatic carbocycles. The highest BCUT2D eigenvalue weighted by Gasteiger charge is 2.54. The zero-order chi connectivity index (χ0) is 18.1. The van der Waals surface area contributed by atoms with Crippen molar-refractivity contribution in [1.29, 1.82) is 0 Å². The summed E-state index contributed by atoms with van der Waals surface area (Å²) in [6, 6.07) is 0. The second-order valence-corrected chi connectivity index (χ2v) is 6.80. The van der Waals surface area contributed by atoms with Crippen LogP contribution in [-0.4, -0.2) is 41.2 Å². The van der Waals surface area contributed by atoms with Crippen molar-refractivity contribution in [2.75, 3.05) is 13.2 Å². The van der Waals surface area contributed by atoms with Crippen LogP contribution in [0, 0.1) is 5.41 Å². The van der Waals surface area contributed by atoms with Gasteiger partial charge < -0.3 is 19.7 Å². The molecule has 6 heteroatoms. The number of carboxylic acid groups (broad SMARTS) is 2. The minimum Gasteiger partial charge on any atom is -0.480 e. The predicted molar refractivity (Wildman–Crippen MR) is 89.9 cm³/mol. The summed E-state index contributed by atoms with van der Waals surface area (Å²) in [5.41, 5.74) is -1.99. The van der Waals surface area contributed by atoms with Gasteiger partial charge in [-0.25, -0.2) is 0 Å². The monoisotopic (exact) mass is 344 g/mol. The first kappa shape index (κ1) is 20.9. The van der Waals surface area contributed by atoms with Crippen LogP contribution in [0.3, 0.4) is 0 Å². The average molecular weight is 344 g/mol. The van der Waals surface area contributed by atoms with Crippen LogP contribution in [-0.2, 0) is 19.1 Å². The van der Waals surface area contributed by atoms with Crippen molar-refractivity contribution < 1.29 is 29.3 Å². The highest BCUT2D eigenvalue weighted by Crippen LogP contribution is 2.37. The van der Waals surface area contributed by atoms with Crippen LogP contribution < -0.4 is 0 Å². The molecule has 0 aromatic heterocycles. The lowest BCUT2D eigenvalue weighted by molar-refractivity contribution is -0.305. The van der Waals surface area contributed by atoms with E-state index in [0.717, 1.165) is 51.4 Å². The number of unbranched alkanes of at least 4 members (excludes halogenated alkanes) is 6. The van der Waals surface area contributed by atoms with Crippen LogP contribution >= 0.6 is 0 Å². The fourth-order valence-corrected chi connectivity index (χ4v) is 2.99. The van der Waals surface area contributed by atoms with Crippen LogP contribution in [0.1, 0.15) is 78.1 Å². The number of hydrogen-bond acceptors (Lipinski definition) is 4. The fourth-order valence-electron chi connectivity index (χ4n) is 2.99. The summed E-state index contributed by atoms with van der Waals surface area (Å²) in [5.74, 6) is -3.63. The molecular weight excluding hydrogens is 312 g/mol. The van der Waals surface area contributed by atoms with Gasteiger partial charge in [-0.2, -0.15) is 0 Å². The molecule has 0 saturated carbocycles. The molecule has 1 fully saturated rings. The summed E-state index contributed by atoms with van der Waals surface area (Å²) in [6.07, 6.45) is 9.94. The maximum absolute atomic E-state index is 11.4. The third-order valence-corrected chi connectivity index (χ3v) is 4.80. The summed E-state index contributed by atoms with van der Waals surface area (Å²) < 4.78 is 11.6. The number of aliphatic carboxylic acids is 2. The van der Waals surface area contributed by atoms with E-state index in [1.54, 1.807) is 0 Å². The van der Waals surface area contributed by atoms with Crippen molar-refractivity contribution in [3.63, 3.8) is 0 Å². The van der Waals surface area contributed by atoms with Gasteiger partial charge in [0.05, 0.1) is 13.2 Å². The Hall–Kier alpha value is -1.14. The van der Waals surface area contributed by atoms with Gasteiger partial charge in [-0.3, -0.25) is 9.59 Å². The molecule has 0 spiro atoms. The first-order valence-corrected chi connectivity index (χ1v) is 9.17. The van der Waals surface area contributed by atoms with Gasteiger partial charge in [0.1, 0.15) is 0 Å². The Morgan fingerprint density at radius 3 is 1.54 bits per heavy atom. The van der Waals surface area contributed by atoms with Gasteiger partial charge in [0.25, 0.3) is 0 Å². The molecule has 0 aromatic rings. The third-order valence-electron chi connectivity index (χ3n) is 4.80. The Labute approximate surface area is 144 Å². The van der Waals surface area contributed by atoms with Gasteiger partial charge in [0.2, 0.25) is 5.41 Å². The van der Waals surface area contributed by atoms with Gasteiger partial charge in [0.15, 0.2) is 5.79 Å². The lowest BCUT2D eigenvalue weighted by Crippen LogP contribution is -2.56. The van der Waals surface area contributed by atoms with Gasteiger partial charge in [-0.15, -0.1) is 0 Å². The number of rotatable bonds is 12. The van der Waals surface area contributed by atoms with Crippen molar-refractivity contribution >= 4 is 11.9 Å². The van der Waals surface area contributed by atoms with Gasteiger partial charge in [0, 0.05) is 12.8 Å². The van der Waals surface area contributed by atoms with Gasteiger partial charge in [-0.1, -0.05) is 52.4 Å². The first-order chi connectivity index (χ1) is 11.4. The molecule has 1 aliphatic heterocycles. The molecule has 0 unspecified atom stereocenters. The van der Waals surface area contributed by atoms with Crippen molar-refractivity contribution in [3.05, 3.63) is 0 Å². The van der Waals surface area contributed by atoms with Crippen LogP contribution in [0.5, 0.6) is 0 Å². The lowest BCUT2D eigenvalue weighted by atomic mass is 9.88. The van der Waals surface area contributed by atoms with Gasteiger partial charge in [-0.05, 0) is 12.8 Å². The molecule has 0 radical (unpaired) electrons. The Kier molecular flexibility index (Phi) is 8.70. The summed E-state index contributed by atoms with van der Waals surface area (Å²) in [6.45, 7) is 3.61. The van der Waals surface area contributed by atoms with E-state index in [1.165, 1.54) is 0 Å². The molecule has 0 aromatic carbocycles. The quantitative estimate of drug-likeness (QED) is 0.413. The summed E-state index contributed by atoms with van der Waals surface area (Å²) in [5, 5.41) is 18.6. The third kappa shape index (κ3) is 5.45. The smallest absolute Gasteiger partial charge is 0.325 e. The highest BCUT2D eigenvalue weighted by molar-refractivity contribution is 5.98. The molecule has 1 saturated heterocycles. The second kappa shape index (κ2) is 9.99. The van der Waals surface area contributed by atoms with E-state index in [0.29, 0.717) is 12.8 Å². The zero-order valence-corrected chi connectivity index (χ0v) is 15.0. The minimum absolute atomic E-state index is 0.334. The van der Waals surface area contributed by atoms with Crippen LogP contribution in [0.15, 0.2) is 0 Å². The maximum Gasteiger partial charge on any atom is 0.325 e. The second-order valence-electron chi connectivity index (χ2n) is 6.80. The van der Waals surface area contributed by atoms with Crippen LogP contribution in [0.2, 0.25) is 0 Å². The molecule has 0 bridgehead atoms. The van der Waals surface area contributed by atoms with E-state index in [1.807, 2.05) is 0 Å². The minimum atomic E-state index is -1.99. The van der Waals surface area contributed by atoms with E-state index in [-0.39, 0.29) is 13.2 Å². The Morgan fingerprint density at radius 1 is 0.792 bits per heavy atom. The normalized spacial score (nSPS) is 19.1. The molecule has 1 rings (SSSR count). The lowest BCUT2D eigenvalue weighted by Gasteiger charge is -2.43. The molecule has 0 amide bonds. The summed E-state index contributed by atoms with van der Waals surface area (Å²) >= 11 is 0. The van der Waals surface area contributed by atoms with Gasteiger partial charge >= 0.3 is 11.9 Å². The maximum atomic E-state index is 11.4. The number of carboxylic acids is 2. The number of ether oxygens (including phenoxy) is 2. The predicted octanol–water partition coefficient (Wildman–Crippen LogP) is 3.83. The van der Waals surface area contributed by atoms with Crippen molar-refractivity contribution in [2.45, 2.75) is 83.8 Å². The van der Waals surface area contributed by atoms with Crippen molar-refractivity contribution in [1.82, 2.24) is 0 Å². The molecular formula is C18H32O6. The molecule has 2 N–H and O–H groups in total. The fraction of sp³-hybridized carbons (Fsp3) is 0.889. The largest absolute Gasteiger partial charge is 0.480 e. The standard InChI is InChI=1S/C18H32O6/c1-3-5-7-9-11-18(12-10-8-6-4-2)23-13-17(14-24-18,15(19)20)16(21)22/h3-14H2,1-2H3,(H,19,20)(H,21,22). The van der Waals surface area contributed by atoms with E-state index < -0.39 is 23.1 Å². The van der Waals surface area contributed by atoms with Crippen LogP contribution in [0.4, 0.5) is 0 Å². The van der Waals surface area contributed by atoms with E-state index in [4.69, 9.17) is 9.47 Å². The van der Waals surface area contributed by atoms with E-state index in [9.17, 15) is 19.8 Å². The topological polar surface area (TPSA) is 93.1 Å². The summed E-state index contributed by atoms with van der Waals surface area (Å²) in [4.78, 5) is 22.8. The van der Waals surface area contributed by atoms with E-state index in [2.05, 4.69) is 13.8 Å². The molecule has 1 heterocycles. The molecule has 1 aliphatic rings. The Bertz CT molecular complexity index is 368. The number of carbonyl (C=O) groups is 2. The SMILES string of the molecule is CCCCCCC1(CCCCCC)OCC(C(=O)O)(C(=O)O)CO1. The van der Waals surface area contributed by atoms with Crippen molar-refractivity contribution in [2.24, 2.45) is 5.41 Å². The van der Waals surface area contributed by atoms with E-state index >= 15 is 0 Å². The average Bonchev–Trinajstić information content (AvgIpc) is 2.56. The molecule has 6 nitrogen and oxygen atoms in total. The zero-order valence-electron chi connectivity index (χ0n) is 15.0. The van der Waals surface area contributed by atoms with Crippen LogP contribution in [0.25, 0.3) is 0 Å². The molecule has 24 heavy (non-hydrogen) atoms. The Morgan fingerprint density at radius 2 is 1.21 bits per heavy atom. The first-order valence-electron chi connectivity index (χ1n) is 9.17. The molecule has 0 atom stereocenters.